The predicted molar refractivity (Wildman–Crippen MR) is 90.6 cm³/mol. The summed E-state index contributed by atoms with van der Waals surface area (Å²) in [5.41, 5.74) is 10.4. The molecule has 0 aliphatic heterocycles. The van der Waals surface area contributed by atoms with E-state index < -0.39 is 10.8 Å². The Bertz CT molecular complexity index is 590. The van der Waals surface area contributed by atoms with Crippen LogP contribution in [-0.2, 0) is 16.6 Å². The lowest BCUT2D eigenvalue weighted by Crippen LogP contribution is -2.14. The molecule has 0 aromatic heterocycles. The minimum Gasteiger partial charge on any atom is -0.330 e. The summed E-state index contributed by atoms with van der Waals surface area (Å²) >= 11 is 0. The zero-order valence-electron chi connectivity index (χ0n) is 12.7. The van der Waals surface area contributed by atoms with E-state index >= 15 is 0 Å². The lowest BCUT2D eigenvalue weighted by atomic mass is 10.1. The van der Waals surface area contributed by atoms with Crippen molar-refractivity contribution in [1.82, 2.24) is 0 Å². The van der Waals surface area contributed by atoms with Crippen molar-refractivity contribution >= 4 is 10.8 Å². The van der Waals surface area contributed by atoms with Gasteiger partial charge in [0.05, 0.1) is 5.25 Å². The molecule has 3 heteroatoms. The molecule has 2 nitrogen and oxygen atoms in total. The fraction of sp³-hybridized carbons (Fsp3) is 0.333. The number of aryl methyl sites for hydroxylation is 2. The van der Waals surface area contributed by atoms with E-state index in [1.807, 2.05) is 30.3 Å². The molecule has 0 saturated heterocycles. The Kier molecular flexibility index (Phi) is 5.71. The first-order chi connectivity index (χ1) is 10.1. The first kappa shape index (κ1) is 15.9. The highest BCUT2D eigenvalue weighted by atomic mass is 32.2. The summed E-state index contributed by atoms with van der Waals surface area (Å²) in [6.07, 6.45) is 0.751. The van der Waals surface area contributed by atoms with E-state index in [1.165, 1.54) is 11.1 Å². The van der Waals surface area contributed by atoms with Gasteiger partial charge in [0.1, 0.15) is 0 Å². The van der Waals surface area contributed by atoms with E-state index in [4.69, 9.17) is 5.73 Å². The van der Waals surface area contributed by atoms with Crippen molar-refractivity contribution in [3.05, 3.63) is 70.8 Å². The lowest BCUT2D eigenvalue weighted by Gasteiger charge is -2.17. The number of benzene rings is 2. The maximum absolute atomic E-state index is 12.8. The standard InChI is InChI=1S/C18H23NOS/c1-14-10-15(2)12-16(11-14)13-21(20)18(8-9-19)17-6-4-3-5-7-17/h3-7,10-12,18H,8-9,13,19H2,1-2H3. The highest BCUT2D eigenvalue weighted by Gasteiger charge is 2.18. The summed E-state index contributed by atoms with van der Waals surface area (Å²) in [5, 5.41) is 0.0111. The summed E-state index contributed by atoms with van der Waals surface area (Å²) in [6, 6.07) is 16.4. The van der Waals surface area contributed by atoms with Gasteiger partial charge in [-0.1, -0.05) is 59.7 Å². The third-order valence-corrected chi connectivity index (χ3v) is 5.27. The van der Waals surface area contributed by atoms with E-state index in [1.54, 1.807) is 0 Å². The zero-order chi connectivity index (χ0) is 15.2. The second-order valence-electron chi connectivity index (χ2n) is 5.50. The van der Waals surface area contributed by atoms with Gasteiger partial charge in [0, 0.05) is 16.6 Å². The molecule has 2 N–H and O–H groups in total. The van der Waals surface area contributed by atoms with Gasteiger partial charge in [-0.2, -0.15) is 0 Å². The van der Waals surface area contributed by atoms with Crippen LogP contribution in [0.1, 0.15) is 33.9 Å². The van der Waals surface area contributed by atoms with Crippen LogP contribution in [0.2, 0.25) is 0 Å². The summed E-state index contributed by atoms with van der Waals surface area (Å²) in [7, 11) is -0.956. The minimum absolute atomic E-state index is 0.0111. The minimum atomic E-state index is -0.956. The molecular formula is C18H23NOS. The van der Waals surface area contributed by atoms with Crippen molar-refractivity contribution in [3.63, 3.8) is 0 Å². The van der Waals surface area contributed by atoms with Gasteiger partial charge in [-0.25, -0.2) is 0 Å². The molecule has 0 aliphatic carbocycles. The number of hydrogen-bond acceptors (Lipinski definition) is 2. The molecule has 0 aliphatic rings. The summed E-state index contributed by atoms with van der Waals surface area (Å²) in [6.45, 7) is 4.71. The van der Waals surface area contributed by atoms with Crippen LogP contribution in [0.3, 0.4) is 0 Å². The highest BCUT2D eigenvalue weighted by molar-refractivity contribution is 7.84. The first-order valence-electron chi connectivity index (χ1n) is 7.29. The van der Waals surface area contributed by atoms with E-state index in [9.17, 15) is 4.21 Å². The maximum Gasteiger partial charge on any atom is 0.0612 e. The molecule has 2 atom stereocenters. The van der Waals surface area contributed by atoms with Crippen LogP contribution in [0.15, 0.2) is 48.5 Å². The predicted octanol–water partition coefficient (Wildman–Crippen LogP) is 3.64. The second kappa shape index (κ2) is 7.53. The largest absolute Gasteiger partial charge is 0.330 e. The van der Waals surface area contributed by atoms with E-state index in [2.05, 4.69) is 32.0 Å². The molecule has 0 saturated carbocycles. The van der Waals surface area contributed by atoms with Crippen LogP contribution >= 0.6 is 0 Å². The number of rotatable bonds is 6. The van der Waals surface area contributed by atoms with Crippen LogP contribution in [0.5, 0.6) is 0 Å². The Hall–Kier alpha value is -1.45. The lowest BCUT2D eigenvalue weighted by molar-refractivity contribution is 0.663. The molecule has 112 valence electrons. The summed E-state index contributed by atoms with van der Waals surface area (Å²) in [5.74, 6) is 0.585. The van der Waals surface area contributed by atoms with Crippen molar-refractivity contribution in [2.75, 3.05) is 6.54 Å². The van der Waals surface area contributed by atoms with Gasteiger partial charge in [-0.3, -0.25) is 4.21 Å². The van der Waals surface area contributed by atoms with Gasteiger partial charge in [0.25, 0.3) is 0 Å². The number of nitrogens with two attached hydrogens (primary N) is 1. The zero-order valence-corrected chi connectivity index (χ0v) is 13.5. The third kappa shape index (κ3) is 4.51. The molecule has 2 aromatic rings. The normalized spacial score (nSPS) is 13.9. The van der Waals surface area contributed by atoms with Gasteiger partial charge in [0.15, 0.2) is 0 Å². The molecule has 21 heavy (non-hydrogen) atoms. The molecule has 0 amide bonds. The monoisotopic (exact) mass is 301 g/mol. The molecule has 2 unspecified atom stereocenters. The van der Waals surface area contributed by atoms with Gasteiger partial charge in [-0.15, -0.1) is 0 Å². The topological polar surface area (TPSA) is 43.1 Å². The Morgan fingerprint density at radius 1 is 1.05 bits per heavy atom. The van der Waals surface area contributed by atoms with Gasteiger partial charge in [0.2, 0.25) is 0 Å². The molecule has 0 spiro atoms. The summed E-state index contributed by atoms with van der Waals surface area (Å²) in [4.78, 5) is 0. The van der Waals surface area contributed by atoms with E-state index in [-0.39, 0.29) is 5.25 Å². The van der Waals surface area contributed by atoms with Crippen molar-refractivity contribution < 1.29 is 4.21 Å². The Labute approximate surface area is 129 Å². The quantitative estimate of drug-likeness (QED) is 0.885. The summed E-state index contributed by atoms with van der Waals surface area (Å²) < 4.78 is 12.8. The molecule has 0 fully saturated rings. The van der Waals surface area contributed by atoms with Crippen molar-refractivity contribution in [1.29, 1.82) is 0 Å². The molecule has 0 radical (unpaired) electrons. The smallest absolute Gasteiger partial charge is 0.0612 e. The van der Waals surface area contributed by atoms with Gasteiger partial charge < -0.3 is 5.73 Å². The fourth-order valence-electron chi connectivity index (χ4n) is 2.69. The fourth-order valence-corrected chi connectivity index (χ4v) is 4.24. The number of hydrogen-bond donors (Lipinski definition) is 1. The Morgan fingerprint density at radius 3 is 2.24 bits per heavy atom. The van der Waals surface area contributed by atoms with Crippen molar-refractivity contribution in [2.24, 2.45) is 5.73 Å². The van der Waals surface area contributed by atoms with Crippen molar-refractivity contribution in [3.8, 4) is 0 Å². The first-order valence-corrected chi connectivity index (χ1v) is 8.67. The highest BCUT2D eigenvalue weighted by Crippen LogP contribution is 2.26. The molecule has 0 heterocycles. The second-order valence-corrected chi connectivity index (χ2v) is 7.12. The van der Waals surface area contributed by atoms with Crippen LogP contribution < -0.4 is 5.73 Å². The third-order valence-electron chi connectivity index (χ3n) is 3.51. The average molecular weight is 301 g/mol. The molecular weight excluding hydrogens is 278 g/mol. The van der Waals surface area contributed by atoms with Crippen LogP contribution in [0, 0.1) is 13.8 Å². The van der Waals surface area contributed by atoms with E-state index in [0.29, 0.717) is 12.3 Å². The van der Waals surface area contributed by atoms with Crippen LogP contribution in [0.25, 0.3) is 0 Å². The molecule has 0 bridgehead atoms. The van der Waals surface area contributed by atoms with Gasteiger partial charge in [-0.05, 0) is 37.9 Å². The average Bonchev–Trinajstić information content (AvgIpc) is 2.44. The van der Waals surface area contributed by atoms with Gasteiger partial charge >= 0.3 is 0 Å². The maximum atomic E-state index is 12.8. The molecule has 2 rings (SSSR count). The Morgan fingerprint density at radius 2 is 1.67 bits per heavy atom. The van der Waals surface area contributed by atoms with Crippen LogP contribution in [0.4, 0.5) is 0 Å². The van der Waals surface area contributed by atoms with Crippen LogP contribution in [-0.4, -0.2) is 10.8 Å². The van der Waals surface area contributed by atoms with E-state index in [0.717, 1.165) is 17.5 Å². The van der Waals surface area contributed by atoms with Crippen molar-refractivity contribution in [2.45, 2.75) is 31.3 Å². The molecule has 2 aromatic carbocycles. The Balaban J connectivity index is 2.19. The SMILES string of the molecule is Cc1cc(C)cc(CS(=O)C(CCN)c2ccccc2)c1.